The minimum atomic E-state index is -0.601. The van der Waals surface area contributed by atoms with E-state index < -0.39 is 28.4 Å². The zero-order valence-corrected chi connectivity index (χ0v) is 20.0. The molecule has 37 heavy (non-hydrogen) atoms. The van der Waals surface area contributed by atoms with Crippen LogP contribution in [-0.4, -0.2) is 37.9 Å². The number of amides is 2. The van der Waals surface area contributed by atoms with Crippen molar-refractivity contribution in [3.05, 3.63) is 117 Å². The number of fused-ring (bicyclic) bond motifs is 1. The number of para-hydroxylation sites is 1. The van der Waals surface area contributed by atoms with Crippen molar-refractivity contribution in [2.75, 3.05) is 6.54 Å². The van der Waals surface area contributed by atoms with E-state index >= 15 is 0 Å². The number of rotatable bonds is 7. The van der Waals surface area contributed by atoms with Gasteiger partial charge >= 0.3 is 0 Å². The van der Waals surface area contributed by atoms with Gasteiger partial charge in [-0.05, 0) is 42.1 Å². The van der Waals surface area contributed by atoms with E-state index in [-0.39, 0.29) is 28.5 Å². The summed E-state index contributed by atoms with van der Waals surface area (Å²) in [5.41, 5.74) is 2.02. The van der Waals surface area contributed by atoms with Gasteiger partial charge in [0.05, 0.1) is 22.9 Å². The Morgan fingerprint density at radius 2 is 1.70 bits per heavy atom. The molecule has 0 unspecified atom stereocenters. The SMILES string of the molecule is O=C(CN1C(=O)S/C(=C\c2cn(Cc3ccccc3F)c3ccccc23)C1=O)c1ccc([N+](=O)[O-])cc1. The highest BCUT2D eigenvalue weighted by atomic mass is 32.2. The minimum absolute atomic E-state index is 0.157. The van der Waals surface area contributed by atoms with Crippen molar-refractivity contribution in [1.29, 1.82) is 0 Å². The predicted molar refractivity (Wildman–Crippen MR) is 138 cm³/mol. The molecule has 0 atom stereocenters. The average Bonchev–Trinajstić information content (AvgIpc) is 3.37. The first-order valence-corrected chi connectivity index (χ1v) is 12.0. The lowest BCUT2D eigenvalue weighted by molar-refractivity contribution is -0.384. The van der Waals surface area contributed by atoms with Crippen molar-refractivity contribution < 1.29 is 23.7 Å². The first-order valence-electron chi connectivity index (χ1n) is 11.2. The highest BCUT2D eigenvalue weighted by Gasteiger charge is 2.36. The Bertz CT molecular complexity index is 1610. The Balaban J connectivity index is 1.40. The number of carbonyl (C=O) groups is 3. The Kier molecular flexibility index (Phi) is 6.41. The summed E-state index contributed by atoms with van der Waals surface area (Å²) in [5, 5.41) is 11.1. The van der Waals surface area contributed by atoms with Crippen LogP contribution in [0.5, 0.6) is 0 Å². The maximum absolute atomic E-state index is 14.3. The van der Waals surface area contributed by atoms with E-state index in [1.807, 2.05) is 28.8 Å². The van der Waals surface area contributed by atoms with Crippen LogP contribution in [0.25, 0.3) is 17.0 Å². The van der Waals surface area contributed by atoms with Gasteiger partial charge in [-0.3, -0.25) is 29.4 Å². The van der Waals surface area contributed by atoms with Crippen LogP contribution in [0.2, 0.25) is 0 Å². The van der Waals surface area contributed by atoms with Gasteiger partial charge in [0.25, 0.3) is 16.8 Å². The molecule has 1 aliphatic heterocycles. The van der Waals surface area contributed by atoms with Crippen molar-refractivity contribution in [1.82, 2.24) is 9.47 Å². The molecule has 1 saturated heterocycles. The van der Waals surface area contributed by atoms with Gasteiger partial charge in [-0.15, -0.1) is 0 Å². The van der Waals surface area contributed by atoms with E-state index in [9.17, 15) is 28.9 Å². The molecule has 0 N–H and O–H groups in total. The van der Waals surface area contributed by atoms with Crippen LogP contribution in [-0.2, 0) is 11.3 Å². The van der Waals surface area contributed by atoms with Crippen molar-refractivity contribution in [2.45, 2.75) is 6.54 Å². The van der Waals surface area contributed by atoms with Crippen molar-refractivity contribution in [3.8, 4) is 0 Å². The third kappa shape index (κ3) is 4.78. The summed E-state index contributed by atoms with van der Waals surface area (Å²) in [4.78, 5) is 49.5. The van der Waals surface area contributed by atoms with Crippen LogP contribution < -0.4 is 0 Å². The zero-order valence-electron chi connectivity index (χ0n) is 19.2. The fourth-order valence-electron chi connectivity index (χ4n) is 4.11. The number of thioether (sulfide) groups is 1. The molecule has 0 bridgehead atoms. The Hall–Kier alpha value is -4.57. The molecule has 10 heteroatoms. The third-order valence-corrected chi connectivity index (χ3v) is 6.89. The number of nitro benzene ring substituents is 1. The first-order chi connectivity index (χ1) is 17.8. The van der Waals surface area contributed by atoms with Gasteiger partial charge in [0.1, 0.15) is 5.82 Å². The molecule has 2 heterocycles. The number of non-ortho nitro benzene ring substituents is 1. The number of hydrogen-bond acceptors (Lipinski definition) is 6. The molecule has 5 rings (SSSR count). The maximum Gasteiger partial charge on any atom is 0.293 e. The number of Topliss-reactive ketones (excluding diaryl/α,β-unsaturated/α-hetero) is 1. The standard InChI is InChI=1S/C27H18FN3O5S/c28-22-7-3-1-5-18(22)14-29-15-19(21-6-2-4-8-23(21)29)13-25-26(33)30(27(34)37-25)16-24(32)17-9-11-20(12-10-17)31(35)36/h1-13,15H,14,16H2/b25-13-. The van der Waals surface area contributed by atoms with Crippen molar-refractivity contribution in [3.63, 3.8) is 0 Å². The normalized spacial score (nSPS) is 14.6. The number of imide groups is 1. The van der Waals surface area contributed by atoms with Crippen LogP contribution in [0.1, 0.15) is 21.5 Å². The van der Waals surface area contributed by atoms with E-state index in [4.69, 9.17) is 0 Å². The summed E-state index contributed by atoms with van der Waals surface area (Å²) in [6, 6.07) is 18.9. The van der Waals surface area contributed by atoms with Crippen molar-refractivity contribution in [2.24, 2.45) is 0 Å². The topological polar surface area (TPSA) is 103 Å². The quantitative estimate of drug-likeness (QED) is 0.136. The molecule has 3 aromatic carbocycles. The number of ketones is 1. The van der Waals surface area contributed by atoms with Crippen LogP contribution in [0.4, 0.5) is 14.9 Å². The van der Waals surface area contributed by atoms with Gasteiger partial charge in [-0.1, -0.05) is 36.4 Å². The minimum Gasteiger partial charge on any atom is -0.342 e. The predicted octanol–water partition coefficient (Wildman–Crippen LogP) is 5.66. The van der Waals surface area contributed by atoms with Gasteiger partial charge in [0.2, 0.25) is 0 Å². The van der Waals surface area contributed by atoms with E-state index in [1.165, 1.54) is 30.3 Å². The zero-order chi connectivity index (χ0) is 26.1. The molecule has 0 aliphatic carbocycles. The molecule has 0 radical (unpaired) electrons. The molecule has 1 aromatic heterocycles. The molecule has 2 amide bonds. The van der Waals surface area contributed by atoms with Gasteiger partial charge in [0.15, 0.2) is 5.78 Å². The highest BCUT2D eigenvalue weighted by molar-refractivity contribution is 8.18. The van der Waals surface area contributed by atoms with E-state index in [1.54, 1.807) is 30.5 Å². The van der Waals surface area contributed by atoms with Gasteiger partial charge < -0.3 is 4.57 Å². The molecule has 1 aliphatic rings. The number of hydrogen-bond donors (Lipinski definition) is 0. The molecular weight excluding hydrogens is 497 g/mol. The largest absolute Gasteiger partial charge is 0.342 e. The number of nitro groups is 1. The average molecular weight is 516 g/mol. The molecule has 0 saturated carbocycles. The summed E-state index contributed by atoms with van der Waals surface area (Å²) in [5.74, 6) is -1.43. The van der Waals surface area contributed by atoms with Crippen LogP contribution in [0, 0.1) is 15.9 Å². The summed E-state index contributed by atoms with van der Waals surface area (Å²) < 4.78 is 16.1. The maximum atomic E-state index is 14.3. The second kappa shape index (κ2) is 9.82. The Morgan fingerprint density at radius 3 is 2.43 bits per heavy atom. The van der Waals surface area contributed by atoms with Gasteiger partial charge in [-0.25, -0.2) is 4.39 Å². The number of aromatic nitrogens is 1. The molecule has 4 aromatic rings. The Morgan fingerprint density at radius 1 is 1.00 bits per heavy atom. The molecule has 1 fully saturated rings. The molecule has 8 nitrogen and oxygen atoms in total. The number of benzene rings is 3. The lowest BCUT2D eigenvalue weighted by atomic mass is 10.1. The Labute approximate surface area is 214 Å². The second-order valence-corrected chi connectivity index (χ2v) is 9.31. The third-order valence-electron chi connectivity index (χ3n) is 5.98. The fraction of sp³-hybridized carbons (Fsp3) is 0.0741. The summed E-state index contributed by atoms with van der Waals surface area (Å²) >= 11 is 0.732. The van der Waals surface area contributed by atoms with Crippen LogP contribution in [0.15, 0.2) is 83.9 Å². The summed E-state index contributed by atoms with van der Waals surface area (Å²) in [7, 11) is 0. The summed E-state index contributed by atoms with van der Waals surface area (Å²) in [6.45, 7) is -0.193. The monoisotopic (exact) mass is 515 g/mol. The van der Waals surface area contributed by atoms with E-state index in [2.05, 4.69) is 0 Å². The lowest BCUT2D eigenvalue weighted by Crippen LogP contribution is -2.33. The first kappa shape index (κ1) is 24.1. The van der Waals surface area contributed by atoms with Crippen LogP contribution in [0.3, 0.4) is 0 Å². The molecule has 184 valence electrons. The second-order valence-electron chi connectivity index (χ2n) is 8.32. The smallest absolute Gasteiger partial charge is 0.293 e. The fourth-order valence-corrected chi connectivity index (χ4v) is 4.94. The van der Waals surface area contributed by atoms with Crippen molar-refractivity contribution >= 4 is 51.4 Å². The molecule has 0 spiro atoms. The lowest BCUT2D eigenvalue weighted by Gasteiger charge is -2.11. The van der Waals surface area contributed by atoms with Gasteiger partial charge in [0, 0.05) is 45.9 Å². The van der Waals surface area contributed by atoms with Crippen LogP contribution >= 0.6 is 11.8 Å². The molecular formula is C27H18FN3O5S. The number of carbonyl (C=O) groups excluding carboxylic acids is 3. The van der Waals surface area contributed by atoms with Gasteiger partial charge in [-0.2, -0.15) is 0 Å². The summed E-state index contributed by atoms with van der Waals surface area (Å²) in [6.07, 6.45) is 3.40. The number of halogens is 1. The van der Waals surface area contributed by atoms with E-state index in [0.717, 1.165) is 27.6 Å². The number of nitrogens with zero attached hydrogens (tertiary/aromatic N) is 3. The highest BCUT2D eigenvalue weighted by Crippen LogP contribution is 2.34. The van der Waals surface area contributed by atoms with E-state index in [0.29, 0.717) is 11.1 Å².